The van der Waals surface area contributed by atoms with Crippen LogP contribution in [-0.4, -0.2) is 38.3 Å². The molecule has 2 heterocycles. The first-order chi connectivity index (χ1) is 13.2. The van der Waals surface area contributed by atoms with Crippen molar-refractivity contribution in [2.24, 2.45) is 0 Å². The number of esters is 1. The summed E-state index contributed by atoms with van der Waals surface area (Å²) < 4.78 is 16.0. The largest absolute Gasteiger partial charge is 0.497 e. The Hall–Kier alpha value is -2.99. The smallest absolute Gasteiger partial charge is 0.323 e. The van der Waals surface area contributed by atoms with Crippen molar-refractivity contribution in [3.05, 3.63) is 59.3 Å². The molecule has 0 unspecified atom stereocenters. The number of H-pyrrole nitrogens is 1. The molecule has 3 aromatic rings. The Balaban J connectivity index is 1.91. The van der Waals surface area contributed by atoms with Gasteiger partial charge in [-0.1, -0.05) is 18.2 Å². The third-order valence-corrected chi connectivity index (χ3v) is 5.14. The fourth-order valence-electron chi connectivity index (χ4n) is 3.84. The van der Waals surface area contributed by atoms with E-state index >= 15 is 0 Å². The van der Waals surface area contributed by atoms with Gasteiger partial charge < -0.3 is 19.2 Å². The second-order valence-corrected chi connectivity index (χ2v) is 6.55. The number of hydrogen-bond acceptors (Lipinski definition) is 5. The van der Waals surface area contributed by atoms with Gasteiger partial charge in [-0.2, -0.15) is 0 Å². The minimum absolute atomic E-state index is 0.254. The van der Waals surface area contributed by atoms with Gasteiger partial charge in [0.25, 0.3) is 0 Å². The molecule has 0 radical (unpaired) electrons. The lowest BCUT2D eigenvalue weighted by atomic mass is 9.90. The van der Waals surface area contributed by atoms with Crippen LogP contribution in [0, 0.1) is 0 Å². The van der Waals surface area contributed by atoms with E-state index in [0.29, 0.717) is 6.42 Å². The van der Waals surface area contributed by atoms with Gasteiger partial charge >= 0.3 is 5.97 Å². The third-order valence-electron chi connectivity index (χ3n) is 5.14. The molecule has 4 rings (SSSR count). The van der Waals surface area contributed by atoms with Gasteiger partial charge in [-0.05, 0) is 29.8 Å². The molecule has 140 valence electrons. The van der Waals surface area contributed by atoms with Crippen LogP contribution in [0.5, 0.6) is 11.5 Å². The molecule has 1 aliphatic rings. The van der Waals surface area contributed by atoms with Crippen molar-refractivity contribution in [2.45, 2.75) is 18.5 Å². The highest BCUT2D eigenvalue weighted by molar-refractivity contribution is 5.87. The third kappa shape index (κ3) is 2.92. The van der Waals surface area contributed by atoms with Gasteiger partial charge in [-0.3, -0.25) is 10.1 Å². The highest BCUT2D eigenvalue weighted by Gasteiger charge is 2.35. The minimum atomic E-state index is -0.442. The molecule has 1 aromatic heterocycles. The van der Waals surface area contributed by atoms with Gasteiger partial charge in [0, 0.05) is 28.6 Å². The maximum absolute atomic E-state index is 12.3. The fourth-order valence-corrected chi connectivity index (χ4v) is 3.84. The Bertz CT molecular complexity index is 995. The van der Waals surface area contributed by atoms with E-state index in [-0.39, 0.29) is 12.0 Å². The van der Waals surface area contributed by atoms with Crippen molar-refractivity contribution < 1.29 is 19.0 Å². The normalized spacial score (nSPS) is 18.8. The van der Waals surface area contributed by atoms with Crippen LogP contribution in [0.25, 0.3) is 10.9 Å². The van der Waals surface area contributed by atoms with Crippen LogP contribution in [-0.2, 0) is 16.0 Å². The molecule has 0 spiro atoms. The number of nitrogens with one attached hydrogen (secondary N) is 2. The van der Waals surface area contributed by atoms with Crippen molar-refractivity contribution in [3.63, 3.8) is 0 Å². The summed E-state index contributed by atoms with van der Waals surface area (Å²) in [5.41, 5.74) is 4.09. The monoisotopic (exact) mass is 366 g/mol. The Labute approximate surface area is 157 Å². The van der Waals surface area contributed by atoms with E-state index < -0.39 is 6.04 Å². The number of methoxy groups -OCH3 is 3. The molecule has 0 amide bonds. The highest BCUT2D eigenvalue weighted by Crippen LogP contribution is 2.39. The van der Waals surface area contributed by atoms with Crippen LogP contribution >= 0.6 is 0 Å². The number of aromatic amines is 1. The lowest BCUT2D eigenvalue weighted by molar-refractivity contribution is -0.143. The molecule has 2 N–H and O–H groups in total. The van der Waals surface area contributed by atoms with Crippen molar-refractivity contribution >= 4 is 16.9 Å². The number of ether oxygens (including phenoxy) is 3. The standard InChI is InChI=1S/C21H22N2O4/c1-25-12-8-9-18(26-2)15(10-12)20-19-14(11-17(23-20)21(24)27-3)13-6-4-5-7-16(13)22-19/h4-10,17,20,22-23H,11H2,1-3H3/t17-,20-/m1/s1. The summed E-state index contributed by atoms with van der Waals surface area (Å²) in [7, 11) is 4.68. The molecule has 6 heteroatoms. The van der Waals surface area contributed by atoms with Crippen LogP contribution < -0.4 is 14.8 Å². The summed E-state index contributed by atoms with van der Waals surface area (Å²) in [5, 5.41) is 4.54. The lowest BCUT2D eigenvalue weighted by Gasteiger charge is -2.31. The predicted molar refractivity (Wildman–Crippen MR) is 102 cm³/mol. The van der Waals surface area contributed by atoms with Gasteiger partial charge in [-0.25, -0.2) is 0 Å². The van der Waals surface area contributed by atoms with Crippen molar-refractivity contribution in [1.29, 1.82) is 0 Å². The molecule has 2 atom stereocenters. The number of aromatic nitrogens is 1. The zero-order valence-corrected chi connectivity index (χ0v) is 15.5. The number of para-hydroxylation sites is 1. The number of carbonyl (C=O) groups excluding carboxylic acids is 1. The highest BCUT2D eigenvalue weighted by atomic mass is 16.5. The van der Waals surface area contributed by atoms with Gasteiger partial charge in [0.2, 0.25) is 0 Å². The molecule has 0 fully saturated rings. The number of rotatable bonds is 4. The van der Waals surface area contributed by atoms with Gasteiger partial charge in [-0.15, -0.1) is 0 Å². The quantitative estimate of drug-likeness (QED) is 0.695. The van der Waals surface area contributed by atoms with Crippen molar-refractivity contribution in [3.8, 4) is 11.5 Å². The van der Waals surface area contributed by atoms with Gasteiger partial charge in [0.1, 0.15) is 17.5 Å². The van der Waals surface area contributed by atoms with E-state index in [1.165, 1.54) is 7.11 Å². The molecule has 2 aromatic carbocycles. The first kappa shape index (κ1) is 17.4. The maximum Gasteiger partial charge on any atom is 0.323 e. The summed E-state index contributed by atoms with van der Waals surface area (Å²) in [6, 6.07) is 13.1. The van der Waals surface area contributed by atoms with Crippen LogP contribution in [0.1, 0.15) is 22.9 Å². The lowest BCUT2D eigenvalue weighted by Crippen LogP contribution is -2.45. The molecule has 0 saturated carbocycles. The molecular formula is C21H22N2O4. The van der Waals surface area contributed by atoms with Crippen molar-refractivity contribution in [1.82, 2.24) is 10.3 Å². The Kier molecular flexibility index (Phi) is 4.49. The molecule has 0 bridgehead atoms. The second-order valence-electron chi connectivity index (χ2n) is 6.55. The molecule has 0 saturated heterocycles. The molecule has 27 heavy (non-hydrogen) atoms. The summed E-state index contributed by atoms with van der Waals surface area (Å²) in [6.45, 7) is 0. The van der Waals surface area contributed by atoms with Crippen LogP contribution in [0.2, 0.25) is 0 Å². The molecule has 6 nitrogen and oxygen atoms in total. The zero-order chi connectivity index (χ0) is 19.0. The average Bonchev–Trinajstić information content (AvgIpc) is 3.10. The summed E-state index contributed by atoms with van der Waals surface area (Å²) in [5.74, 6) is 1.17. The van der Waals surface area contributed by atoms with E-state index in [4.69, 9.17) is 14.2 Å². The maximum atomic E-state index is 12.3. The topological polar surface area (TPSA) is 72.6 Å². The average molecular weight is 366 g/mol. The van der Waals surface area contributed by atoms with E-state index in [1.54, 1.807) is 14.2 Å². The van der Waals surface area contributed by atoms with Gasteiger partial charge in [0.05, 0.1) is 27.4 Å². The molecule has 0 aliphatic carbocycles. The number of benzene rings is 2. The Morgan fingerprint density at radius 1 is 1.07 bits per heavy atom. The fraction of sp³-hybridized carbons (Fsp3) is 0.286. The minimum Gasteiger partial charge on any atom is -0.497 e. The number of carbonyl (C=O) groups is 1. The van der Waals surface area contributed by atoms with E-state index in [0.717, 1.165) is 39.2 Å². The first-order valence-corrected chi connectivity index (χ1v) is 8.81. The summed E-state index contributed by atoms with van der Waals surface area (Å²) in [4.78, 5) is 15.9. The summed E-state index contributed by atoms with van der Waals surface area (Å²) in [6.07, 6.45) is 0.564. The Morgan fingerprint density at radius 2 is 1.89 bits per heavy atom. The number of hydrogen-bond donors (Lipinski definition) is 2. The van der Waals surface area contributed by atoms with Crippen LogP contribution in [0.3, 0.4) is 0 Å². The SMILES string of the molecule is COC(=O)[C@H]1Cc2c([nH]c3ccccc23)[C@@H](c2cc(OC)ccc2OC)N1. The van der Waals surface area contributed by atoms with Crippen LogP contribution in [0.15, 0.2) is 42.5 Å². The first-order valence-electron chi connectivity index (χ1n) is 8.81. The van der Waals surface area contributed by atoms with Crippen LogP contribution in [0.4, 0.5) is 0 Å². The number of fused-ring (bicyclic) bond motifs is 3. The molecule has 1 aliphatic heterocycles. The predicted octanol–water partition coefficient (Wildman–Crippen LogP) is 2.96. The zero-order valence-electron chi connectivity index (χ0n) is 15.5. The summed E-state index contributed by atoms with van der Waals surface area (Å²) >= 11 is 0. The van der Waals surface area contributed by atoms with Gasteiger partial charge in [0.15, 0.2) is 0 Å². The van der Waals surface area contributed by atoms with E-state index in [9.17, 15) is 4.79 Å². The van der Waals surface area contributed by atoms with Crippen molar-refractivity contribution in [2.75, 3.05) is 21.3 Å². The van der Waals surface area contributed by atoms with E-state index in [2.05, 4.69) is 16.4 Å². The second kappa shape index (κ2) is 6.96. The Morgan fingerprint density at radius 3 is 2.63 bits per heavy atom. The van der Waals surface area contributed by atoms with E-state index in [1.807, 2.05) is 36.4 Å². The molecular weight excluding hydrogens is 344 g/mol.